The molecular formula is C20H20F2N4O3. The van der Waals surface area contributed by atoms with Gasteiger partial charge in [-0.25, -0.2) is 13.6 Å². The van der Waals surface area contributed by atoms with Crippen molar-refractivity contribution in [2.75, 3.05) is 38.0 Å². The first kappa shape index (κ1) is 20.4. The van der Waals surface area contributed by atoms with E-state index in [9.17, 15) is 23.2 Å². The van der Waals surface area contributed by atoms with Gasteiger partial charge in [0.05, 0.1) is 6.54 Å². The van der Waals surface area contributed by atoms with E-state index in [2.05, 4.69) is 10.6 Å². The molecule has 0 aliphatic carbocycles. The zero-order valence-corrected chi connectivity index (χ0v) is 15.5. The van der Waals surface area contributed by atoms with Crippen LogP contribution >= 0.6 is 0 Å². The molecule has 0 radical (unpaired) electrons. The highest BCUT2D eigenvalue weighted by Crippen LogP contribution is 2.13. The number of urea groups is 1. The van der Waals surface area contributed by atoms with Crippen LogP contribution in [0.15, 0.2) is 48.5 Å². The lowest BCUT2D eigenvalue weighted by molar-refractivity contribution is -0.121. The molecule has 7 nitrogen and oxygen atoms in total. The van der Waals surface area contributed by atoms with Crippen molar-refractivity contribution in [2.45, 2.75) is 0 Å². The molecule has 0 atom stereocenters. The zero-order chi connectivity index (χ0) is 20.8. The molecule has 1 heterocycles. The van der Waals surface area contributed by atoms with E-state index in [4.69, 9.17) is 0 Å². The summed E-state index contributed by atoms with van der Waals surface area (Å²) in [6.07, 6.45) is 0. The molecule has 0 spiro atoms. The van der Waals surface area contributed by atoms with Crippen LogP contribution in [0.25, 0.3) is 0 Å². The first-order valence-corrected chi connectivity index (χ1v) is 9.05. The first-order valence-electron chi connectivity index (χ1n) is 9.05. The molecule has 0 bridgehead atoms. The van der Waals surface area contributed by atoms with Gasteiger partial charge in [0.1, 0.15) is 0 Å². The predicted molar refractivity (Wildman–Crippen MR) is 102 cm³/mol. The highest BCUT2D eigenvalue weighted by atomic mass is 19.2. The summed E-state index contributed by atoms with van der Waals surface area (Å²) < 4.78 is 26.3. The summed E-state index contributed by atoms with van der Waals surface area (Å²) >= 11 is 0. The minimum atomic E-state index is -1.07. The molecule has 9 heteroatoms. The second-order valence-corrected chi connectivity index (χ2v) is 6.57. The quantitative estimate of drug-likeness (QED) is 0.821. The molecule has 1 aliphatic heterocycles. The molecule has 1 saturated heterocycles. The number of piperazine rings is 1. The Hall–Kier alpha value is -3.33. The van der Waals surface area contributed by atoms with Crippen molar-refractivity contribution in [1.29, 1.82) is 0 Å². The number of amides is 4. The molecule has 0 aromatic heterocycles. The largest absolute Gasteiger partial charge is 0.336 e. The average molecular weight is 402 g/mol. The van der Waals surface area contributed by atoms with Gasteiger partial charge < -0.3 is 10.2 Å². The van der Waals surface area contributed by atoms with Crippen LogP contribution in [0.2, 0.25) is 0 Å². The fourth-order valence-corrected chi connectivity index (χ4v) is 2.97. The van der Waals surface area contributed by atoms with E-state index in [0.717, 1.165) is 12.1 Å². The van der Waals surface area contributed by atoms with Crippen LogP contribution in [0.5, 0.6) is 0 Å². The maximum Gasteiger partial charge on any atom is 0.325 e. The Kier molecular flexibility index (Phi) is 6.50. The van der Waals surface area contributed by atoms with E-state index in [1.165, 1.54) is 11.0 Å². The minimum absolute atomic E-state index is 0.00934. The fourth-order valence-electron chi connectivity index (χ4n) is 2.97. The maximum atomic E-state index is 13.3. The average Bonchev–Trinajstić information content (AvgIpc) is 2.70. The number of nitrogens with zero attached hydrogens (tertiary/aromatic N) is 2. The minimum Gasteiger partial charge on any atom is -0.336 e. The van der Waals surface area contributed by atoms with E-state index in [1.807, 2.05) is 6.07 Å². The van der Waals surface area contributed by atoms with Crippen LogP contribution in [0.3, 0.4) is 0 Å². The van der Waals surface area contributed by atoms with Gasteiger partial charge in [0, 0.05) is 37.4 Å². The standard InChI is InChI=1S/C20H20F2N4O3/c21-16-7-6-14(12-17(16)22)19(28)26-10-8-25(9-11-26)13-18(27)24-20(29)23-15-4-2-1-3-5-15/h1-7,12H,8-11,13H2,(H2,23,24,27,29). The van der Waals surface area contributed by atoms with Crippen LogP contribution in [-0.2, 0) is 4.79 Å². The second kappa shape index (κ2) is 9.24. The van der Waals surface area contributed by atoms with Gasteiger partial charge in [-0.05, 0) is 30.3 Å². The van der Waals surface area contributed by atoms with E-state index in [0.29, 0.717) is 31.9 Å². The van der Waals surface area contributed by atoms with Gasteiger partial charge in [-0.3, -0.25) is 19.8 Å². The Bertz CT molecular complexity index is 900. The summed E-state index contributed by atoms with van der Waals surface area (Å²) in [5, 5.41) is 4.82. The highest BCUT2D eigenvalue weighted by molar-refractivity contribution is 6.01. The number of hydrogen-bond acceptors (Lipinski definition) is 4. The fraction of sp³-hybridized carbons (Fsp3) is 0.250. The van der Waals surface area contributed by atoms with Gasteiger partial charge in [-0.1, -0.05) is 18.2 Å². The number of anilines is 1. The molecule has 2 aromatic carbocycles. The van der Waals surface area contributed by atoms with Crippen molar-refractivity contribution in [3.63, 3.8) is 0 Å². The van der Waals surface area contributed by atoms with Crippen LogP contribution in [-0.4, -0.2) is 60.4 Å². The highest BCUT2D eigenvalue weighted by Gasteiger charge is 2.24. The van der Waals surface area contributed by atoms with Gasteiger partial charge in [-0.15, -0.1) is 0 Å². The number of rotatable bonds is 4. The molecule has 2 N–H and O–H groups in total. The molecule has 3 rings (SSSR count). The topological polar surface area (TPSA) is 81.8 Å². The van der Waals surface area contributed by atoms with E-state index < -0.39 is 29.5 Å². The summed E-state index contributed by atoms with van der Waals surface area (Å²) in [6.45, 7) is 1.52. The van der Waals surface area contributed by atoms with Crippen LogP contribution in [0.4, 0.5) is 19.3 Å². The second-order valence-electron chi connectivity index (χ2n) is 6.57. The predicted octanol–water partition coefficient (Wildman–Crippen LogP) is 2.07. The summed E-state index contributed by atoms with van der Waals surface area (Å²) in [5.41, 5.74) is 0.648. The number of carbonyl (C=O) groups is 3. The number of hydrogen-bond donors (Lipinski definition) is 2. The van der Waals surface area contributed by atoms with Crippen LogP contribution < -0.4 is 10.6 Å². The van der Waals surface area contributed by atoms with Crippen LogP contribution in [0, 0.1) is 11.6 Å². The molecule has 4 amide bonds. The summed E-state index contributed by atoms with van der Waals surface area (Å²) in [7, 11) is 0. The number of imide groups is 1. The Labute approximate surface area is 166 Å². The Balaban J connectivity index is 1.44. The SMILES string of the molecule is O=C(CN1CCN(C(=O)c2ccc(F)c(F)c2)CC1)NC(=O)Nc1ccccc1. The molecule has 29 heavy (non-hydrogen) atoms. The normalized spacial score (nSPS) is 14.3. The van der Waals surface area contributed by atoms with Gasteiger partial charge in [0.25, 0.3) is 5.91 Å². The number of benzene rings is 2. The van der Waals surface area contributed by atoms with Gasteiger partial charge >= 0.3 is 6.03 Å². The number of para-hydroxylation sites is 1. The van der Waals surface area contributed by atoms with Crippen LogP contribution in [0.1, 0.15) is 10.4 Å². The summed E-state index contributed by atoms with van der Waals surface area (Å²) in [4.78, 5) is 39.6. The van der Waals surface area contributed by atoms with Crippen molar-refractivity contribution in [3.05, 3.63) is 65.7 Å². The van der Waals surface area contributed by atoms with Crippen molar-refractivity contribution in [3.8, 4) is 0 Å². The lowest BCUT2D eigenvalue weighted by Gasteiger charge is -2.34. The molecule has 1 aliphatic rings. The Morgan fingerprint density at radius 1 is 0.897 bits per heavy atom. The van der Waals surface area contributed by atoms with Gasteiger partial charge in [-0.2, -0.15) is 0 Å². The lowest BCUT2D eigenvalue weighted by atomic mass is 10.1. The smallest absolute Gasteiger partial charge is 0.325 e. The third-order valence-electron chi connectivity index (χ3n) is 4.48. The maximum absolute atomic E-state index is 13.3. The van der Waals surface area contributed by atoms with Gasteiger partial charge in [0.2, 0.25) is 5.91 Å². The van der Waals surface area contributed by atoms with Crippen molar-refractivity contribution >= 4 is 23.5 Å². The summed E-state index contributed by atoms with van der Waals surface area (Å²) in [5.74, 6) is -2.93. The van der Waals surface area contributed by atoms with Crippen molar-refractivity contribution < 1.29 is 23.2 Å². The third kappa shape index (κ3) is 5.58. The van der Waals surface area contributed by atoms with E-state index >= 15 is 0 Å². The Morgan fingerprint density at radius 2 is 1.59 bits per heavy atom. The van der Waals surface area contributed by atoms with Crippen molar-refractivity contribution in [2.24, 2.45) is 0 Å². The molecule has 0 saturated carbocycles. The zero-order valence-electron chi connectivity index (χ0n) is 15.5. The number of nitrogens with one attached hydrogen (secondary N) is 2. The molecular weight excluding hydrogens is 382 g/mol. The number of carbonyl (C=O) groups excluding carboxylic acids is 3. The molecule has 2 aromatic rings. The van der Waals surface area contributed by atoms with Crippen molar-refractivity contribution in [1.82, 2.24) is 15.1 Å². The Morgan fingerprint density at radius 3 is 2.24 bits per heavy atom. The van der Waals surface area contributed by atoms with E-state index in [-0.39, 0.29) is 12.1 Å². The van der Waals surface area contributed by atoms with Gasteiger partial charge in [0.15, 0.2) is 11.6 Å². The van der Waals surface area contributed by atoms with E-state index in [1.54, 1.807) is 29.2 Å². The molecule has 152 valence electrons. The molecule has 0 unspecified atom stereocenters. The monoisotopic (exact) mass is 402 g/mol. The first-order chi connectivity index (χ1) is 13.9. The molecule has 1 fully saturated rings. The summed E-state index contributed by atoms with van der Waals surface area (Å²) in [6, 6.07) is 11.2. The third-order valence-corrected chi connectivity index (χ3v) is 4.48. The number of halogens is 2. The lowest BCUT2D eigenvalue weighted by Crippen LogP contribution is -2.51.